The van der Waals surface area contributed by atoms with E-state index in [0.29, 0.717) is 0 Å². The highest BCUT2D eigenvalue weighted by Gasteiger charge is 2.24. The maximum Gasteiger partial charge on any atom is 0.0992 e. The molecule has 2 aromatic heterocycles. The predicted octanol–water partition coefficient (Wildman–Crippen LogP) is 3.35. The molecule has 0 unspecified atom stereocenters. The molecule has 4 nitrogen and oxygen atoms in total. The molecule has 0 bridgehead atoms. The predicted molar refractivity (Wildman–Crippen MR) is 90.0 cm³/mol. The van der Waals surface area contributed by atoms with Crippen molar-refractivity contribution in [3.8, 4) is 11.3 Å². The van der Waals surface area contributed by atoms with Gasteiger partial charge in [-0.2, -0.15) is 5.10 Å². The number of fused-ring (bicyclic) bond motifs is 2. The van der Waals surface area contributed by atoms with Gasteiger partial charge in [-0.05, 0) is 27.0 Å². The first-order valence-corrected chi connectivity index (χ1v) is 8.03. The van der Waals surface area contributed by atoms with Crippen molar-refractivity contribution in [3.63, 3.8) is 0 Å². The Bertz CT molecular complexity index is 840. The fraction of sp³-hybridized carbons (Fsp3) is 0.389. The summed E-state index contributed by atoms with van der Waals surface area (Å²) in [4.78, 5) is 2.37. The fourth-order valence-electron chi connectivity index (χ4n) is 3.77. The Labute approximate surface area is 130 Å². The van der Waals surface area contributed by atoms with Gasteiger partial charge in [-0.1, -0.05) is 18.2 Å². The van der Waals surface area contributed by atoms with Gasteiger partial charge in [-0.25, -0.2) is 0 Å². The first-order valence-electron chi connectivity index (χ1n) is 8.03. The summed E-state index contributed by atoms with van der Waals surface area (Å²) in [5.41, 5.74) is 7.73. The van der Waals surface area contributed by atoms with E-state index in [1.165, 1.54) is 33.4 Å². The fourth-order valence-corrected chi connectivity index (χ4v) is 3.77. The van der Waals surface area contributed by atoms with Crippen LogP contribution in [0.3, 0.4) is 0 Å². The molecule has 0 saturated carbocycles. The SMILES string of the molecule is CCn1c(C)c(-c2n[nH]c3c2CN(C)CC3)c2ccccc21. The van der Waals surface area contributed by atoms with E-state index in [1.54, 1.807) is 0 Å². The molecule has 0 saturated heterocycles. The lowest BCUT2D eigenvalue weighted by Crippen LogP contribution is -2.26. The van der Waals surface area contributed by atoms with Gasteiger partial charge in [0, 0.05) is 59.5 Å². The van der Waals surface area contributed by atoms with Gasteiger partial charge in [0.25, 0.3) is 0 Å². The first kappa shape index (κ1) is 13.6. The number of hydrogen-bond acceptors (Lipinski definition) is 2. The van der Waals surface area contributed by atoms with E-state index in [1.807, 2.05) is 0 Å². The van der Waals surface area contributed by atoms with Crippen LogP contribution in [-0.4, -0.2) is 33.3 Å². The third-order valence-electron chi connectivity index (χ3n) is 4.91. The molecular weight excluding hydrogens is 272 g/mol. The number of benzene rings is 1. The lowest BCUT2D eigenvalue weighted by atomic mass is 9.99. The summed E-state index contributed by atoms with van der Waals surface area (Å²) < 4.78 is 2.39. The van der Waals surface area contributed by atoms with Crippen LogP contribution in [0.15, 0.2) is 24.3 Å². The summed E-state index contributed by atoms with van der Waals surface area (Å²) in [6, 6.07) is 8.67. The number of rotatable bonds is 2. The molecule has 1 aromatic carbocycles. The van der Waals surface area contributed by atoms with Crippen LogP contribution >= 0.6 is 0 Å². The van der Waals surface area contributed by atoms with E-state index < -0.39 is 0 Å². The van der Waals surface area contributed by atoms with Crippen LogP contribution in [0, 0.1) is 6.92 Å². The molecular formula is C18H22N4. The second-order valence-corrected chi connectivity index (χ2v) is 6.24. The molecule has 3 heterocycles. The standard InChI is InChI=1S/C18H22N4/c1-4-22-12(2)17(13-7-5-6-8-16(13)22)18-14-11-21(3)10-9-15(14)19-20-18/h5-8H,4,9-11H2,1-3H3,(H,19,20). The summed E-state index contributed by atoms with van der Waals surface area (Å²) in [5, 5.41) is 9.28. The average molecular weight is 294 g/mol. The zero-order valence-electron chi connectivity index (χ0n) is 13.5. The summed E-state index contributed by atoms with van der Waals surface area (Å²) >= 11 is 0. The van der Waals surface area contributed by atoms with Gasteiger partial charge in [-0.15, -0.1) is 0 Å². The Kier molecular flexibility index (Phi) is 3.08. The largest absolute Gasteiger partial charge is 0.344 e. The van der Waals surface area contributed by atoms with E-state index in [4.69, 9.17) is 5.10 Å². The number of nitrogens with zero attached hydrogens (tertiary/aromatic N) is 3. The number of H-pyrrole nitrogens is 1. The van der Waals surface area contributed by atoms with Crippen molar-refractivity contribution < 1.29 is 0 Å². The monoisotopic (exact) mass is 294 g/mol. The molecule has 22 heavy (non-hydrogen) atoms. The van der Waals surface area contributed by atoms with Crippen molar-refractivity contribution in [3.05, 3.63) is 41.2 Å². The van der Waals surface area contributed by atoms with Crippen LogP contribution in [0.25, 0.3) is 22.2 Å². The van der Waals surface area contributed by atoms with Gasteiger partial charge in [0.05, 0.1) is 5.69 Å². The Morgan fingerprint density at radius 3 is 2.91 bits per heavy atom. The number of hydrogen-bond donors (Lipinski definition) is 1. The number of nitrogens with one attached hydrogen (secondary N) is 1. The van der Waals surface area contributed by atoms with E-state index in [-0.39, 0.29) is 0 Å². The van der Waals surface area contributed by atoms with E-state index >= 15 is 0 Å². The van der Waals surface area contributed by atoms with Crippen molar-refractivity contribution in [2.24, 2.45) is 0 Å². The number of aromatic amines is 1. The summed E-state index contributed by atoms with van der Waals surface area (Å²) in [7, 11) is 2.18. The molecule has 0 radical (unpaired) electrons. The molecule has 0 atom stereocenters. The number of para-hydroxylation sites is 1. The van der Waals surface area contributed by atoms with Crippen LogP contribution < -0.4 is 0 Å². The third-order valence-corrected chi connectivity index (χ3v) is 4.91. The van der Waals surface area contributed by atoms with Crippen molar-refractivity contribution >= 4 is 10.9 Å². The quantitative estimate of drug-likeness (QED) is 0.787. The molecule has 114 valence electrons. The Balaban J connectivity index is 2.00. The maximum absolute atomic E-state index is 4.70. The number of aryl methyl sites for hydroxylation is 1. The highest BCUT2D eigenvalue weighted by Crippen LogP contribution is 2.37. The van der Waals surface area contributed by atoms with Crippen molar-refractivity contribution in [1.29, 1.82) is 0 Å². The molecule has 0 aliphatic carbocycles. The third kappa shape index (κ3) is 1.83. The van der Waals surface area contributed by atoms with E-state index in [9.17, 15) is 0 Å². The minimum atomic E-state index is 0.978. The van der Waals surface area contributed by atoms with Crippen LogP contribution in [0.2, 0.25) is 0 Å². The molecule has 0 amide bonds. The molecule has 4 rings (SSSR count). The molecule has 1 aliphatic heterocycles. The average Bonchev–Trinajstić information content (AvgIpc) is 3.04. The normalized spacial score (nSPS) is 15.4. The molecule has 0 fully saturated rings. The minimum Gasteiger partial charge on any atom is -0.344 e. The lowest BCUT2D eigenvalue weighted by molar-refractivity contribution is 0.312. The highest BCUT2D eigenvalue weighted by molar-refractivity contribution is 5.98. The molecule has 4 heteroatoms. The van der Waals surface area contributed by atoms with Crippen LogP contribution in [0.4, 0.5) is 0 Å². The topological polar surface area (TPSA) is 36.9 Å². The second kappa shape index (κ2) is 4.99. The maximum atomic E-state index is 4.70. The van der Waals surface area contributed by atoms with Gasteiger partial charge in [-0.3, -0.25) is 5.10 Å². The lowest BCUT2D eigenvalue weighted by Gasteiger charge is -2.22. The van der Waals surface area contributed by atoms with Gasteiger partial charge < -0.3 is 9.47 Å². The van der Waals surface area contributed by atoms with Crippen molar-refractivity contribution in [2.45, 2.75) is 33.4 Å². The molecule has 3 aromatic rings. The summed E-state index contributed by atoms with van der Waals surface area (Å²) in [5.74, 6) is 0. The minimum absolute atomic E-state index is 0.978. The van der Waals surface area contributed by atoms with Crippen molar-refractivity contribution in [2.75, 3.05) is 13.6 Å². The Morgan fingerprint density at radius 2 is 2.09 bits per heavy atom. The van der Waals surface area contributed by atoms with E-state index in [0.717, 1.165) is 31.7 Å². The highest BCUT2D eigenvalue weighted by atomic mass is 15.2. The Morgan fingerprint density at radius 1 is 1.27 bits per heavy atom. The van der Waals surface area contributed by atoms with Crippen LogP contribution in [0.5, 0.6) is 0 Å². The molecule has 0 spiro atoms. The van der Waals surface area contributed by atoms with Gasteiger partial charge >= 0.3 is 0 Å². The summed E-state index contributed by atoms with van der Waals surface area (Å²) in [6.45, 7) is 7.49. The zero-order valence-corrected chi connectivity index (χ0v) is 13.5. The smallest absolute Gasteiger partial charge is 0.0992 e. The molecule has 1 N–H and O–H groups in total. The Hall–Kier alpha value is -2.07. The van der Waals surface area contributed by atoms with Gasteiger partial charge in [0.1, 0.15) is 0 Å². The van der Waals surface area contributed by atoms with Crippen molar-refractivity contribution in [1.82, 2.24) is 19.7 Å². The number of aromatic nitrogens is 3. The van der Waals surface area contributed by atoms with E-state index in [2.05, 4.69) is 59.7 Å². The van der Waals surface area contributed by atoms with Crippen LogP contribution in [0.1, 0.15) is 23.9 Å². The second-order valence-electron chi connectivity index (χ2n) is 6.24. The van der Waals surface area contributed by atoms with Gasteiger partial charge in [0.15, 0.2) is 0 Å². The summed E-state index contributed by atoms with van der Waals surface area (Å²) in [6.07, 6.45) is 1.06. The molecule has 1 aliphatic rings. The first-order chi connectivity index (χ1) is 10.7. The zero-order chi connectivity index (χ0) is 15.3. The van der Waals surface area contributed by atoms with Crippen LogP contribution in [-0.2, 0) is 19.5 Å². The van der Waals surface area contributed by atoms with Gasteiger partial charge in [0.2, 0.25) is 0 Å². The number of likely N-dealkylation sites (N-methyl/N-ethyl adjacent to an activating group) is 1.